The van der Waals surface area contributed by atoms with Crippen LogP contribution in [-0.4, -0.2) is 17.7 Å². The van der Waals surface area contributed by atoms with E-state index < -0.39 is 23.4 Å². The van der Waals surface area contributed by atoms with E-state index in [0.29, 0.717) is 16.9 Å². The van der Waals surface area contributed by atoms with Gasteiger partial charge in [-0.2, -0.15) is 0 Å². The van der Waals surface area contributed by atoms with E-state index in [2.05, 4.69) is 10.6 Å². The highest BCUT2D eigenvalue weighted by Crippen LogP contribution is 2.34. The zero-order chi connectivity index (χ0) is 23.7. The van der Waals surface area contributed by atoms with Gasteiger partial charge in [-0.05, 0) is 48.9 Å². The molecule has 0 saturated heterocycles. The van der Waals surface area contributed by atoms with Crippen LogP contribution in [0.15, 0.2) is 72.4 Å². The number of anilines is 3. The largest absolute Gasteiger partial charge is 0.350 e. The Kier molecular flexibility index (Phi) is 5.74. The fourth-order valence-electron chi connectivity index (χ4n) is 3.48. The molecule has 4 rings (SSSR count). The first-order valence-electron chi connectivity index (χ1n) is 10.0. The number of imide groups is 1. The second kappa shape index (κ2) is 8.66. The predicted octanol–water partition coefficient (Wildman–Crippen LogP) is 4.63. The number of carbonyl (C=O) groups excluding carboxylic acids is 3. The van der Waals surface area contributed by atoms with Crippen LogP contribution in [0, 0.1) is 18.6 Å². The van der Waals surface area contributed by atoms with Crippen LogP contribution in [0.5, 0.6) is 0 Å². The molecule has 2 N–H and O–H groups in total. The van der Waals surface area contributed by atoms with Crippen molar-refractivity contribution >= 4 is 40.4 Å². The number of benzene rings is 3. The van der Waals surface area contributed by atoms with Gasteiger partial charge < -0.3 is 10.6 Å². The smallest absolute Gasteiger partial charge is 0.282 e. The first-order chi connectivity index (χ1) is 15.7. The first kappa shape index (κ1) is 21.9. The Morgan fingerprint density at radius 2 is 1.45 bits per heavy atom. The lowest BCUT2D eigenvalue weighted by Gasteiger charge is -2.16. The van der Waals surface area contributed by atoms with Gasteiger partial charge >= 0.3 is 0 Å². The van der Waals surface area contributed by atoms with Crippen molar-refractivity contribution in [1.29, 1.82) is 0 Å². The van der Waals surface area contributed by atoms with E-state index in [1.165, 1.54) is 25.1 Å². The minimum atomic E-state index is -1.08. The molecule has 1 heterocycles. The Bertz CT molecular complexity index is 1300. The van der Waals surface area contributed by atoms with E-state index in [-0.39, 0.29) is 22.9 Å². The van der Waals surface area contributed by atoms with Crippen LogP contribution in [0.1, 0.15) is 18.1 Å². The second-order valence-electron chi connectivity index (χ2n) is 7.54. The van der Waals surface area contributed by atoms with Crippen molar-refractivity contribution in [2.75, 3.05) is 15.5 Å². The molecule has 1 aliphatic rings. The van der Waals surface area contributed by atoms with Crippen LogP contribution in [-0.2, 0) is 14.4 Å². The third-order valence-electron chi connectivity index (χ3n) is 5.06. The molecule has 0 spiro atoms. The lowest BCUT2D eigenvalue weighted by molar-refractivity contribution is -0.120. The van der Waals surface area contributed by atoms with E-state index in [1.54, 1.807) is 36.4 Å². The van der Waals surface area contributed by atoms with Gasteiger partial charge in [-0.25, -0.2) is 13.7 Å². The zero-order valence-electron chi connectivity index (χ0n) is 17.8. The summed E-state index contributed by atoms with van der Waals surface area (Å²) in [6.45, 7) is 3.26. The molecule has 3 aromatic rings. The summed E-state index contributed by atoms with van der Waals surface area (Å²) in [4.78, 5) is 39.0. The van der Waals surface area contributed by atoms with Crippen molar-refractivity contribution in [2.45, 2.75) is 13.8 Å². The van der Waals surface area contributed by atoms with Crippen LogP contribution >= 0.6 is 0 Å². The Morgan fingerprint density at radius 1 is 0.818 bits per heavy atom. The highest BCUT2D eigenvalue weighted by atomic mass is 19.2. The number of aryl methyl sites for hydroxylation is 1. The van der Waals surface area contributed by atoms with Crippen LogP contribution in [0.3, 0.4) is 0 Å². The number of amides is 3. The van der Waals surface area contributed by atoms with Gasteiger partial charge in [0.05, 0.1) is 11.3 Å². The van der Waals surface area contributed by atoms with Crippen molar-refractivity contribution in [1.82, 2.24) is 0 Å². The van der Waals surface area contributed by atoms with Gasteiger partial charge in [0.2, 0.25) is 5.91 Å². The molecule has 0 unspecified atom stereocenters. The lowest BCUT2D eigenvalue weighted by Crippen LogP contribution is -2.32. The van der Waals surface area contributed by atoms with Crippen molar-refractivity contribution in [3.05, 3.63) is 95.2 Å². The standard InChI is InChI=1S/C25H19F2N3O3/c1-14-3-5-16(6-4-14)22-23(29-18-9-12-20(26)21(27)13-18)25(33)30(24(22)32)19-10-7-17(8-11-19)28-15(2)31/h3-13,29H,1-2H3,(H,28,31). The van der Waals surface area contributed by atoms with Gasteiger partial charge in [-0.15, -0.1) is 0 Å². The number of hydrogen-bond acceptors (Lipinski definition) is 4. The van der Waals surface area contributed by atoms with E-state index in [1.807, 2.05) is 6.92 Å². The molecule has 0 radical (unpaired) electrons. The van der Waals surface area contributed by atoms with Gasteiger partial charge in [0.15, 0.2) is 11.6 Å². The highest BCUT2D eigenvalue weighted by molar-refractivity contribution is 6.46. The SMILES string of the molecule is CC(=O)Nc1ccc(N2C(=O)C(Nc3ccc(F)c(F)c3)=C(c3ccc(C)cc3)C2=O)cc1. The maximum atomic E-state index is 13.7. The van der Waals surface area contributed by atoms with E-state index in [9.17, 15) is 23.2 Å². The summed E-state index contributed by atoms with van der Waals surface area (Å²) >= 11 is 0. The summed E-state index contributed by atoms with van der Waals surface area (Å²) in [6, 6.07) is 16.4. The van der Waals surface area contributed by atoms with Crippen molar-refractivity contribution < 1.29 is 23.2 Å². The monoisotopic (exact) mass is 447 g/mol. The van der Waals surface area contributed by atoms with Gasteiger partial charge in [0, 0.05) is 24.4 Å². The minimum Gasteiger partial charge on any atom is -0.350 e. The van der Waals surface area contributed by atoms with Crippen molar-refractivity contribution in [3.63, 3.8) is 0 Å². The molecule has 6 nitrogen and oxygen atoms in total. The fraction of sp³-hybridized carbons (Fsp3) is 0.0800. The number of carbonyl (C=O) groups is 3. The molecule has 0 saturated carbocycles. The molecule has 0 atom stereocenters. The molecule has 166 valence electrons. The maximum Gasteiger partial charge on any atom is 0.282 e. The molecular formula is C25H19F2N3O3. The maximum absolute atomic E-state index is 13.7. The van der Waals surface area contributed by atoms with Crippen LogP contribution in [0.4, 0.5) is 25.8 Å². The summed E-state index contributed by atoms with van der Waals surface area (Å²) < 4.78 is 27.1. The summed E-state index contributed by atoms with van der Waals surface area (Å²) in [5.74, 6) is -3.58. The van der Waals surface area contributed by atoms with Gasteiger partial charge in [0.25, 0.3) is 11.8 Å². The molecule has 0 aromatic heterocycles. The number of rotatable bonds is 5. The van der Waals surface area contributed by atoms with Gasteiger partial charge in [-0.3, -0.25) is 14.4 Å². The van der Waals surface area contributed by atoms with Crippen LogP contribution in [0.25, 0.3) is 5.57 Å². The average Bonchev–Trinajstić information content (AvgIpc) is 3.01. The van der Waals surface area contributed by atoms with Crippen molar-refractivity contribution in [3.8, 4) is 0 Å². The Morgan fingerprint density at radius 3 is 2.06 bits per heavy atom. The number of halogens is 2. The van der Waals surface area contributed by atoms with Crippen LogP contribution < -0.4 is 15.5 Å². The Labute approximate surface area is 188 Å². The van der Waals surface area contributed by atoms with E-state index in [4.69, 9.17) is 0 Å². The predicted molar refractivity (Wildman–Crippen MR) is 121 cm³/mol. The molecule has 3 amide bonds. The number of nitrogens with zero attached hydrogens (tertiary/aromatic N) is 1. The molecule has 3 aromatic carbocycles. The molecule has 0 bridgehead atoms. The van der Waals surface area contributed by atoms with E-state index in [0.717, 1.165) is 22.6 Å². The highest BCUT2D eigenvalue weighted by Gasteiger charge is 2.40. The quantitative estimate of drug-likeness (QED) is 0.559. The summed E-state index contributed by atoms with van der Waals surface area (Å²) in [7, 11) is 0. The zero-order valence-corrected chi connectivity index (χ0v) is 17.8. The summed E-state index contributed by atoms with van der Waals surface area (Å²) in [5.41, 5.74) is 2.45. The van der Waals surface area contributed by atoms with Crippen LogP contribution in [0.2, 0.25) is 0 Å². The number of nitrogens with one attached hydrogen (secondary N) is 2. The third-order valence-corrected chi connectivity index (χ3v) is 5.06. The summed E-state index contributed by atoms with van der Waals surface area (Å²) in [5, 5.41) is 5.41. The lowest BCUT2D eigenvalue weighted by atomic mass is 10.0. The topological polar surface area (TPSA) is 78.5 Å². The fourth-order valence-corrected chi connectivity index (χ4v) is 3.48. The normalized spacial score (nSPS) is 13.5. The Balaban J connectivity index is 1.76. The second-order valence-corrected chi connectivity index (χ2v) is 7.54. The molecule has 1 aliphatic heterocycles. The average molecular weight is 447 g/mol. The van der Waals surface area contributed by atoms with Crippen molar-refractivity contribution in [2.24, 2.45) is 0 Å². The van der Waals surface area contributed by atoms with E-state index >= 15 is 0 Å². The molecular weight excluding hydrogens is 428 g/mol. The van der Waals surface area contributed by atoms with Gasteiger partial charge in [0.1, 0.15) is 5.70 Å². The Hall–Kier alpha value is -4.33. The van der Waals surface area contributed by atoms with Gasteiger partial charge in [-0.1, -0.05) is 29.8 Å². The molecule has 0 fully saturated rings. The third kappa shape index (κ3) is 4.36. The number of hydrogen-bond donors (Lipinski definition) is 2. The molecule has 8 heteroatoms. The molecule has 33 heavy (non-hydrogen) atoms. The summed E-state index contributed by atoms with van der Waals surface area (Å²) in [6.07, 6.45) is 0. The molecule has 0 aliphatic carbocycles. The minimum absolute atomic E-state index is 0.0548. The first-order valence-corrected chi connectivity index (χ1v) is 10.0.